The molecular formula is C27H25FN6O. The number of para-hydroxylation sites is 1. The van der Waals surface area contributed by atoms with Crippen LogP contribution in [-0.4, -0.2) is 56.9 Å². The minimum absolute atomic E-state index is 0.0391. The number of benzene rings is 2. The summed E-state index contributed by atoms with van der Waals surface area (Å²) in [6, 6.07) is 14.2. The van der Waals surface area contributed by atoms with Crippen LogP contribution in [0.1, 0.15) is 21.7 Å². The number of aryl methyl sites for hydroxylation is 2. The van der Waals surface area contributed by atoms with Crippen molar-refractivity contribution in [2.75, 3.05) is 31.1 Å². The third-order valence-corrected chi connectivity index (χ3v) is 6.98. The highest BCUT2D eigenvalue weighted by Crippen LogP contribution is 2.35. The predicted octanol–water partition coefficient (Wildman–Crippen LogP) is 4.05. The van der Waals surface area contributed by atoms with Gasteiger partial charge in [0.1, 0.15) is 5.82 Å². The van der Waals surface area contributed by atoms with Gasteiger partial charge in [-0.1, -0.05) is 30.3 Å². The molecule has 4 heterocycles. The average molecular weight is 469 g/mol. The standard InChI is InChI=1S/C27H25FN6O/c1-16-10-17(2)31-27(30-16)34-14-19-12-33(13-20(19)15-34)26(35)24-21(7-5-8-22(24)28)25-29-11-18-6-3-4-9-23(18)32-25/h3-11,19-20H,12-15H2,1-2H3. The van der Waals surface area contributed by atoms with E-state index in [0.717, 1.165) is 41.3 Å². The van der Waals surface area contributed by atoms with Gasteiger partial charge in [-0.05, 0) is 32.0 Å². The Hall–Kier alpha value is -3.94. The molecule has 8 heteroatoms. The van der Waals surface area contributed by atoms with Gasteiger partial charge in [-0.3, -0.25) is 4.79 Å². The second-order valence-electron chi connectivity index (χ2n) is 9.50. The Morgan fingerprint density at radius 2 is 1.63 bits per heavy atom. The normalized spacial score (nSPS) is 19.4. The summed E-state index contributed by atoms with van der Waals surface area (Å²) in [6.07, 6.45) is 1.71. The summed E-state index contributed by atoms with van der Waals surface area (Å²) < 4.78 is 15.1. The molecule has 35 heavy (non-hydrogen) atoms. The number of aromatic nitrogens is 4. The average Bonchev–Trinajstić information content (AvgIpc) is 3.42. The smallest absolute Gasteiger partial charge is 0.257 e. The fourth-order valence-corrected chi connectivity index (χ4v) is 5.36. The van der Waals surface area contributed by atoms with Gasteiger partial charge in [0, 0.05) is 66.5 Å². The first-order chi connectivity index (χ1) is 17.0. The van der Waals surface area contributed by atoms with Crippen molar-refractivity contribution in [3.63, 3.8) is 0 Å². The Kier molecular flexibility index (Phi) is 5.16. The molecule has 2 unspecified atom stereocenters. The zero-order chi connectivity index (χ0) is 24.1. The highest BCUT2D eigenvalue weighted by Gasteiger charge is 2.43. The predicted molar refractivity (Wildman–Crippen MR) is 132 cm³/mol. The van der Waals surface area contributed by atoms with E-state index in [4.69, 9.17) is 0 Å². The molecule has 2 atom stereocenters. The van der Waals surface area contributed by atoms with E-state index in [1.807, 2.05) is 44.2 Å². The van der Waals surface area contributed by atoms with Crippen LogP contribution >= 0.6 is 0 Å². The molecule has 7 nitrogen and oxygen atoms in total. The zero-order valence-electron chi connectivity index (χ0n) is 19.6. The second-order valence-corrected chi connectivity index (χ2v) is 9.50. The van der Waals surface area contributed by atoms with Crippen LogP contribution in [-0.2, 0) is 0 Å². The van der Waals surface area contributed by atoms with Gasteiger partial charge in [-0.15, -0.1) is 0 Å². The lowest BCUT2D eigenvalue weighted by molar-refractivity contribution is 0.0778. The Morgan fingerprint density at radius 1 is 0.914 bits per heavy atom. The number of amides is 1. The van der Waals surface area contributed by atoms with E-state index in [0.29, 0.717) is 36.3 Å². The largest absolute Gasteiger partial charge is 0.340 e. The number of anilines is 1. The van der Waals surface area contributed by atoms with Crippen LogP contribution in [0.15, 0.2) is 54.7 Å². The molecule has 2 aliphatic rings. The van der Waals surface area contributed by atoms with Crippen molar-refractivity contribution >= 4 is 22.8 Å². The number of hydrogen-bond acceptors (Lipinski definition) is 6. The molecule has 0 bridgehead atoms. The number of carbonyl (C=O) groups is 1. The minimum atomic E-state index is -0.549. The van der Waals surface area contributed by atoms with Gasteiger partial charge in [0.2, 0.25) is 5.95 Å². The van der Waals surface area contributed by atoms with Crippen LogP contribution in [0.25, 0.3) is 22.3 Å². The zero-order valence-corrected chi connectivity index (χ0v) is 19.6. The first-order valence-corrected chi connectivity index (χ1v) is 11.8. The summed E-state index contributed by atoms with van der Waals surface area (Å²) in [4.78, 5) is 35.8. The van der Waals surface area contributed by atoms with Crippen LogP contribution in [0.4, 0.5) is 10.3 Å². The molecule has 2 aliphatic heterocycles. The van der Waals surface area contributed by atoms with Crippen molar-refractivity contribution < 1.29 is 9.18 Å². The Balaban J connectivity index is 1.25. The van der Waals surface area contributed by atoms with Crippen molar-refractivity contribution in [2.24, 2.45) is 11.8 Å². The van der Waals surface area contributed by atoms with Crippen molar-refractivity contribution in [3.8, 4) is 11.4 Å². The maximum absolute atomic E-state index is 15.1. The number of carbonyl (C=O) groups excluding carboxylic acids is 1. The topological polar surface area (TPSA) is 75.1 Å². The highest BCUT2D eigenvalue weighted by molar-refractivity contribution is 6.01. The molecule has 0 N–H and O–H groups in total. The molecule has 0 spiro atoms. The lowest BCUT2D eigenvalue weighted by atomic mass is 10.0. The molecular weight excluding hydrogens is 443 g/mol. The van der Waals surface area contributed by atoms with E-state index in [9.17, 15) is 4.79 Å². The maximum atomic E-state index is 15.1. The van der Waals surface area contributed by atoms with E-state index in [-0.39, 0.29) is 11.5 Å². The van der Waals surface area contributed by atoms with Crippen LogP contribution in [0, 0.1) is 31.5 Å². The van der Waals surface area contributed by atoms with Crippen molar-refractivity contribution in [1.82, 2.24) is 24.8 Å². The summed E-state index contributed by atoms with van der Waals surface area (Å²) in [7, 11) is 0. The fourth-order valence-electron chi connectivity index (χ4n) is 5.36. The Bertz CT molecular complexity index is 1420. The second kappa shape index (κ2) is 8.37. The van der Waals surface area contributed by atoms with Crippen molar-refractivity contribution in [2.45, 2.75) is 13.8 Å². The van der Waals surface area contributed by atoms with Crippen LogP contribution in [0.2, 0.25) is 0 Å². The number of hydrogen-bond donors (Lipinski definition) is 0. The quantitative estimate of drug-likeness (QED) is 0.452. The number of nitrogens with zero attached hydrogens (tertiary/aromatic N) is 6. The molecule has 2 saturated heterocycles. The molecule has 0 aliphatic carbocycles. The van der Waals surface area contributed by atoms with Gasteiger partial charge in [-0.2, -0.15) is 0 Å². The third-order valence-electron chi connectivity index (χ3n) is 6.98. The highest BCUT2D eigenvalue weighted by atomic mass is 19.1. The summed E-state index contributed by atoms with van der Waals surface area (Å²) in [5, 5.41) is 0.894. The van der Waals surface area contributed by atoms with E-state index >= 15 is 4.39 Å². The molecule has 0 radical (unpaired) electrons. The van der Waals surface area contributed by atoms with Crippen molar-refractivity contribution in [3.05, 3.63) is 77.5 Å². The molecule has 4 aromatic rings. The monoisotopic (exact) mass is 468 g/mol. The van der Waals surface area contributed by atoms with Gasteiger partial charge >= 0.3 is 0 Å². The lowest BCUT2D eigenvalue weighted by Crippen LogP contribution is -2.34. The molecule has 2 fully saturated rings. The molecule has 176 valence electrons. The number of rotatable bonds is 3. The van der Waals surface area contributed by atoms with Crippen LogP contribution < -0.4 is 4.90 Å². The number of fused-ring (bicyclic) bond motifs is 2. The molecule has 2 aromatic carbocycles. The molecule has 0 saturated carbocycles. The number of likely N-dealkylation sites (tertiary alicyclic amines) is 1. The van der Waals surface area contributed by atoms with Crippen molar-refractivity contribution in [1.29, 1.82) is 0 Å². The Morgan fingerprint density at radius 3 is 2.37 bits per heavy atom. The SMILES string of the molecule is Cc1cc(C)nc(N2CC3CN(C(=O)c4c(F)cccc4-c4ncc5ccccc5n4)CC3C2)n1. The Labute approximate surface area is 202 Å². The summed E-state index contributed by atoms with van der Waals surface area (Å²) in [5.74, 6) is 0.847. The van der Waals surface area contributed by atoms with Crippen LogP contribution in [0.3, 0.4) is 0 Å². The van der Waals surface area contributed by atoms with E-state index in [1.54, 1.807) is 23.2 Å². The van der Waals surface area contributed by atoms with E-state index < -0.39 is 5.82 Å². The lowest BCUT2D eigenvalue weighted by Gasteiger charge is -2.23. The van der Waals surface area contributed by atoms with Crippen LogP contribution in [0.5, 0.6) is 0 Å². The third kappa shape index (κ3) is 3.88. The summed E-state index contributed by atoms with van der Waals surface area (Å²) in [5.41, 5.74) is 3.11. The van der Waals surface area contributed by atoms with Gasteiger partial charge in [0.25, 0.3) is 5.91 Å². The van der Waals surface area contributed by atoms with Gasteiger partial charge < -0.3 is 9.80 Å². The van der Waals surface area contributed by atoms with E-state index in [2.05, 4.69) is 24.8 Å². The summed E-state index contributed by atoms with van der Waals surface area (Å²) >= 11 is 0. The number of halogens is 1. The molecule has 2 aromatic heterocycles. The first-order valence-electron chi connectivity index (χ1n) is 11.8. The van der Waals surface area contributed by atoms with E-state index in [1.165, 1.54) is 6.07 Å². The fraction of sp³-hybridized carbons (Fsp3) is 0.296. The maximum Gasteiger partial charge on any atom is 0.257 e. The van der Waals surface area contributed by atoms with Gasteiger partial charge in [0.15, 0.2) is 5.82 Å². The summed E-state index contributed by atoms with van der Waals surface area (Å²) in [6.45, 7) is 6.68. The first kappa shape index (κ1) is 21.6. The van der Waals surface area contributed by atoms with Gasteiger partial charge in [-0.25, -0.2) is 24.3 Å². The molecule has 1 amide bonds. The minimum Gasteiger partial charge on any atom is -0.340 e. The molecule has 6 rings (SSSR count). The van der Waals surface area contributed by atoms with Gasteiger partial charge in [0.05, 0.1) is 11.1 Å².